The van der Waals surface area contributed by atoms with E-state index in [0.29, 0.717) is 6.04 Å². The number of thiophene rings is 1. The molecule has 17 heavy (non-hydrogen) atoms. The van der Waals surface area contributed by atoms with Crippen LogP contribution in [0.25, 0.3) is 0 Å². The van der Waals surface area contributed by atoms with Crippen molar-refractivity contribution in [3.05, 3.63) is 46.5 Å². The molecule has 1 unspecified atom stereocenters. The van der Waals surface area contributed by atoms with E-state index in [1.54, 1.807) is 6.26 Å². The van der Waals surface area contributed by atoms with Gasteiger partial charge >= 0.3 is 0 Å². The van der Waals surface area contributed by atoms with Gasteiger partial charge in [-0.05, 0) is 43.3 Å². The van der Waals surface area contributed by atoms with Gasteiger partial charge in [0.05, 0.1) is 12.5 Å². The number of nitrogens with one attached hydrogen (secondary N) is 1. The van der Waals surface area contributed by atoms with E-state index >= 15 is 0 Å². The summed E-state index contributed by atoms with van der Waals surface area (Å²) in [4.78, 5) is 1.46. The number of furan rings is 1. The van der Waals surface area contributed by atoms with E-state index in [-0.39, 0.29) is 0 Å². The largest absolute Gasteiger partial charge is 0.472 e. The highest BCUT2D eigenvalue weighted by atomic mass is 32.1. The molecular weight excluding hydrogens is 230 g/mol. The monoisotopic (exact) mass is 249 g/mol. The van der Waals surface area contributed by atoms with Gasteiger partial charge in [0.1, 0.15) is 0 Å². The van der Waals surface area contributed by atoms with Gasteiger partial charge in [0.15, 0.2) is 0 Å². The van der Waals surface area contributed by atoms with Gasteiger partial charge in [-0.1, -0.05) is 13.0 Å². The summed E-state index contributed by atoms with van der Waals surface area (Å²) in [6, 6.07) is 6.79. The van der Waals surface area contributed by atoms with Gasteiger partial charge in [-0.2, -0.15) is 0 Å². The molecule has 0 aliphatic carbocycles. The minimum Gasteiger partial charge on any atom is -0.472 e. The molecule has 92 valence electrons. The van der Waals surface area contributed by atoms with Gasteiger partial charge in [0.25, 0.3) is 0 Å². The molecule has 0 aliphatic rings. The maximum Gasteiger partial charge on any atom is 0.0950 e. The maximum atomic E-state index is 5.18. The Morgan fingerprint density at radius 1 is 1.41 bits per heavy atom. The van der Waals surface area contributed by atoms with Crippen LogP contribution in [0.5, 0.6) is 0 Å². The molecule has 0 bridgehead atoms. The van der Waals surface area contributed by atoms with Crippen molar-refractivity contribution < 1.29 is 4.42 Å². The minimum atomic E-state index is 0.413. The lowest BCUT2D eigenvalue weighted by molar-refractivity contribution is 0.489. The van der Waals surface area contributed by atoms with Crippen molar-refractivity contribution in [1.82, 2.24) is 5.32 Å². The van der Waals surface area contributed by atoms with Crippen molar-refractivity contribution in [3.8, 4) is 0 Å². The smallest absolute Gasteiger partial charge is 0.0950 e. The Morgan fingerprint density at radius 3 is 3.00 bits per heavy atom. The summed E-state index contributed by atoms with van der Waals surface area (Å²) < 4.78 is 5.18. The van der Waals surface area contributed by atoms with Gasteiger partial charge in [-0.3, -0.25) is 0 Å². The van der Waals surface area contributed by atoms with Crippen molar-refractivity contribution in [3.63, 3.8) is 0 Å². The molecular formula is C14H19NOS. The van der Waals surface area contributed by atoms with Crippen LogP contribution in [0.2, 0.25) is 0 Å². The van der Waals surface area contributed by atoms with E-state index in [2.05, 4.69) is 35.8 Å². The summed E-state index contributed by atoms with van der Waals surface area (Å²) in [5.41, 5.74) is 1.26. The van der Waals surface area contributed by atoms with Crippen LogP contribution < -0.4 is 5.32 Å². The molecule has 0 aliphatic heterocycles. The fraction of sp³-hybridized carbons (Fsp3) is 0.429. The molecule has 0 fully saturated rings. The molecule has 0 amide bonds. The summed E-state index contributed by atoms with van der Waals surface area (Å²) in [6.07, 6.45) is 7.01. The third-order valence-corrected chi connectivity index (χ3v) is 3.78. The van der Waals surface area contributed by atoms with Crippen molar-refractivity contribution in [1.29, 1.82) is 0 Å². The summed E-state index contributed by atoms with van der Waals surface area (Å²) in [5, 5.41) is 5.72. The van der Waals surface area contributed by atoms with Crippen LogP contribution in [0.1, 0.15) is 36.2 Å². The molecule has 0 radical (unpaired) electrons. The lowest BCUT2D eigenvalue weighted by atomic mass is 10.0. The van der Waals surface area contributed by atoms with Gasteiger partial charge < -0.3 is 9.73 Å². The topological polar surface area (TPSA) is 25.2 Å². The first-order chi connectivity index (χ1) is 8.40. The van der Waals surface area contributed by atoms with Crippen molar-refractivity contribution in [2.75, 3.05) is 6.54 Å². The molecule has 1 N–H and O–H groups in total. The van der Waals surface area contributed by atoms with Gasteiger partial charge in [0, 0.05) is 16.5 Å². The highest BCUT2D eigenvalue weighted by Gasteiger charge is 2.11. The van der Waals surface area contributed by atoms with Gasteiger partial charge in [-0.15, -0.1) is 11.3 Å². The molecule has 0 spiro atoms. The second-order valence-corrected chi connectivity index (χ2v) is 5.21. The van der Waals surface area contributed by atoms with E-state index in [1.807, 2.05) is 17.6 Å². The molecule has 0 saturated carbocycles. The zero-order chi connectivity index (χ0) is 11.9. The van der Waals surface area contributed by atoms with Crippen LogP contribution >= 0.6 is 11.3 Å². The zero-order valence-electron chi connectivity index (χ0n) is 10.2. The van der Waals surface area contributed by atoms with Crippen LogP contribution in [-0.2, 0) is 6.42 Å². The number of hydrogen-bond acceptors (Lipinski definition) is 3. The van der Waals surface area contributed by atoms with Crippen molar-refractivity contribution in [2.24, 2.45) is 0 Å². The molecule has 2 rings (SSSR count). The Morgan fingerprint density at radius 2 is 2.35 bits per heavy atom. The summed E-state index contributed by atoms with van der Waals surface area (Å²) >= 11 is 1.83. The Hall–Kier alpha value is -1.06. The van der Waals surface area contributed by atoms with Crippen LogP contribution in [-0.4, -0.2) is 6.54 Å². The predicted molar refractivity (Wildman–Crippen MR) is 72.4 cm³/mol. The first-order valence-corrected chi connectivity index (χ1v) is 7.06. The van der Waals surface area contributed by atoms with Gasteiger partial charge in [-0.25, -0.2) is 0 Å². The summed E-state index contributed by atoms with van der Waals surface area (Å²) in [6.45, 7) is 3.25. The Kier molecular flexibility index (Phi) is 4.83. The maximum absolute atomic E-state index is 5.18. The van der Waals surface area contributed by atoms with Crippen LogP contribution in [0.15, 0.2) is 40.5 Å². The van der Waals surface area contributed by atoms with E-state index < -0.39 is 0 Å². The second-order valence-electron chi connectivity index (χ2n) is 4.18. The molecule has 2 aromatic rings. The number of hydrogen-bond donors (Lipinski definition) is 1. The summed E-state index contributed by atoms with van der Waals surface area (Å²) in [5.74, 6) is 0. The normalized spacial score (nSPS) is 12.8. The quantitative estimate of drug-likeness (QED) is 0.802. The average Bonchev–Trinajstić information content (AvgIpc) is 3.01. The van der Waals surface area contributed by atoms with E-state index in [9.17, 15) is 0 Å². The zero-order valence-corrected chi connectivity index (χ0v) is 11.0. The molecule has 0 saturated heterocycles. The molecule has 2 heterocycles. The molecule has 0 aromatic carbocycles. The third kappa shape index (κ3) is 3.72. The molecule has 3 heteroatoms. The second kappa shape index (κ2) is 6.62. The van der Waals surface area contributed by atoms with E-state index in [1.165, 1.54) is 10.4 Å². The highest BCUT2D eigenvalue weighted by Crippen LogP contribution is 2.21. The average molecular weight is 249 g/mol. The van der Waals surface area contributed by atoms with Crippen molar-refractivity contribution in [2.45, 2.75) is 32.2 Å². The highest BCUT2D eigenvalue weighted by molar-refractivity contribution is 7.09. The lowest BCUT2D eigenvalue weighted by Gasteiger charge is -2.16. The SMILES string of the molecule is CCCNC(CCc1cccs1)c1ccoc1. The minimum absolute atomic E-state index is 0.413. The number of aryl methyl sites for hydroxylation is 1. The van der Waals surface area contributed by atoms with E-state index in [4.69, 9.17) is 4.42 Å². The lowest BCUT2D eigenvalue weighted by Crippen LogP contribution is -2.22. The Balaban J connectivity index is 1.91. The summed E-state index contributed by atoms with van der Waals surface area (Å²) in [7, 11) is 0. The standard InChI is InChI=1S/C14H19NOS/c1-2-8-15-14(12-7-9-16-11-12)6-5-13-4-3-10-17-13/h3-4,7,9-11,14-15H,2,5-6,8H2,1H3. The first kappa shape index (κ1) is 12.4. The number of rotatable bonds is 7. The Labute approximate surface area is 107 Å². The van der Waals surface area contributed by atoms with Gasteiger partial charge in [0.2, 0.25) is 0 Å². The van der Waals surface area contributed by atoms with Crippen LogP contribution in [0.4, 0.5) is 0 Å². The van der Waals surface area contributed by atoms with Crippen LogP contribution in [0.3, 0.4) is 0 Å². The fourth-order valence-corrected chi connectivity index (χ4v) is 2.64. The molecule has 2 aromatic heterocycles. The van der Waals surface area contributed by atoms with Crippen molar-refractivity contribution >= 4 is 11.3 Å². The molecule has 1 atom stereocenters. The third-order valence-electron chi connectivity index (χ3n) is 2.85. The predicted octanol–water partition coefficient (Wildman–Crippen LogP) is 4.01. The first-order valence-electron chi connectivity index (χ1n) is 6.18. The fourth-order valence-electron chi connectivity index (χ4n) is 1.92. The van der Waals surface area contributed by atoms with E-state index in [0.717, 1.165) is 25.8 Å². The Bertz CT molecular complexity index is 394. The van der Waals surface area contributed by atoms with Crippen LogP contribution in [0, 0.1) is 0 Å². The molecule has 2 nitrogen and oxygen atoms in total.